The molecule has 3 N–H and O–H groups in total. The topological polar surface area (TPSA) is 60.2 Å². The van der Waals surface area contributed by atoms with E-state index in [0.717, 1.165) is 29.9 Å². The highest BCUT2D eigenvalue weighted by Crippen LogP contribution is 2.48. The van der Waals surface area contributed by atoms with Crippen LogP contribution in [-0.2, 0) is 4.74 Å². The number of hydrogen-bond donors (Lipinski definition) is 2. The van der Waals surface area contributed by atoms with Crippen LogP contribution in [0.1, 0.15) is 19.3 Å². The van der Waals surface area contributed by atoms with E-state index in [-0.39, 0.29) is 0 Å². The number of ether oxygens (including phenoxy) is 1. The van der Waals surface area contributed by atoms with E-state index < -0.39 is 0 Å². The van der Waals surface area contributed by atoms with E-state index >= 15 is 0 Å². The molecule has 1 saturated carbocycles. The Morgan fingerprint density at radius 3 is 2.94 bits per heavy atom. The Hall–Kier alpha value is -0.810. The van der Waals surface area contributed by atoms with Gasteiger partial charge in [0.25, 0.3) is 0 Å². The van der Waals surface area contributed by atoms with E-state index in [1.54, 1.807) is 13.3 Å². The first-order valence-electron chi connectivity index (χ1n) is 5.79. The summed E-state index contributed by atoms with van der Waals surface area (Å²) < 4.78 is 6.06. The molecular formula is C12H18BrN3O. The van der Waals surface area contributed by atoms with Crippen LogP contribution in [0.5, 0.6) is 0 Å². The molecule has 0 unspecified atom stereocenters. The van der Waals surface area contributed by atoms with Crippen LogP contribution in [0.2, 0.25) is 0 Å². The van der Waals surface area contributed by atoms with E-state index in [1.807, 2.05) is 6.07 Å². The predicted molar refractivity (Wildman–Crippen MR) is 73.0 cm³/mol. The maximum absolute atomic E-state index is 5.65. The summed E-state index contributed by atoms with van der Waals surface area (Å²) in [5, 5.41) is 3.38. The van der Waals surface area contributed by atoms with Gasteiger partial charge in [-0.2, -0.15) is 0 Å². The minimum atomic E-state index is 0.415. The summed E-state index contributed by atoms with van der Waals surface area (Å²) in [6.07, 6.45) is 5.33. The van der Waals surface area contributed by atoms with Gasteiger partial charge in [-0.1, -0.05) is 0 Å². The van der Waals surface area contributed by atoms with E-state index in [2.05, 4.69) is 26.2 Å². The van der Waals surface area contributed by atoms with Crippen molar-refractivity contribution in [2.24, 2.45) is 5.41 Å². The molecule has 1 aliphatic carbocycles. The summed E-state index contributed by atoms with van der Waals surface area (Å²) in [4.78, 5) is 4.27. The molecule has 0 amide bonds. The van der Waals surface area contributed by atoms with Gasteiger partial charge < -0.3 is 15.8 Å². The third-order valence-corrected chi connectivity index (χ3v) is 3.89. The van der Waals surface area contributed by atoms with Gasteiger partial charge in [-0.15, -0.1) is 0 Å². The average Bonchev–Trinajstić information content (AvgIpc) is 3.06. The number of methoxy groups -OCH3 is 1. The number of nitrogens with two attached hydrogens (primary N) is 1. The zero-order valence-electron chi connectivity index (χ0n) is 10.0. The zero-order valence-corrected chi connectivity index (χ0v) is 11.6. The maximum Gasteiger partial charge on any atom is 0.140 e. The molecule has 1 heterocycles. The molecular weight excluding hydrogens is 282 g/mol. The molecule has 17 heavy (non-hydrogen) atoms. The van der Waals surface area contributed by atoms with E-state index in [0.29, 0.717) is 11.1 Å². The van der Waals surface area contributed by atoms with Crippen LogP contribution in [0.4, 0.5) is 11.5 Å². The number of halogens is 1. The molecule has 0 saturated heterocycles. The monoisotopic (exact) mass is 299 g/mol. The van der Waals surface area contributed by atoms with Gasteiger partial charge in [-0.3, -0.25) is 0 Å². The molecule has 1 fully saturated rings. The maximum atomic E-state index is 5.65. The zero-order chi connectivity index (χ0) is 12.3. The molecule has 2 rings (SSSR count). The van der Waals surface area contributed by atoms with Crippen LogP contribution in [0.15, 0.2) is 16.7 Å². The van der Waals surface area contributed by atoms with Crippen molar-refractivity contribution in [3.63, 3.8) is 0 Å². The second-order valence-electron chi connectivity index (χ2n) is 4.70. The Morgan fingerprint density at radius 1 is 1.59 bits per heavy atom. The van der Waals surface area contributed by atoms with Gasteiger partial charge in [-0.25, -0.2) is 4.98 Å². The first-order valence-corrected chi connectivity index (χ1v) is 6.58. The highest BCUT2D eigenvalue weighted by Gasteiger charge is 2.41. The fourth-order valence-electron chi connectivity index (χ4n) is 1.86. The van der Waals surface area contributed by atoms with Crippen LogP contribution in [0, 0.1) is 5.41 Å². The van der Waals surface area contributed by atoms with Crippen LogP contribution in [-0.4, -0.2) is 25.2 Å². The van der Waals surface area contributed by atoms with Crippen molar-refractivity contribution in [1.82, 2.24) is 4.98 Å². The average molecular weight is 300 g/mol. The Morgan fingerprint density at radius 2 is 2.35 bits per heavy atom. The minimum Gasteiger partial charge on any atom is -0.397 e. The molecule has 1 aliphatic rings. The third kappa shape index (κ3) is 3.33. The number of hydrogen-bond acceptors (Lipinski definition) is 4. The first-order chi connectivity index (χ1) is 8.15. The number of anilines is 2. The lowest BCUT2D eigenvalue weighted by Crippen LogP contribution is -2.18. The highest BCUT2D eigenvalue weighted by atomic mass is 79.9. The van der Waals surface area contributed by atoms with Gasteiger partial charge in [0.05, 0.1) is 16.4 Å². The van der Waals surface area contributed by atoms with Crippen molar-refractivity contribution in [1.29, 1.82) is 0 Å². The summed E-state index contributed by atoms with van der Waals surface area (Å²) in [6, 6.07) is 1.87. The third-order valence-electron chi connectivity index (χ3n) is 3.29. The van der Waals surface area contributed by atoms with Gasteiger partial charge in [0.1, 0.15) is 5.82 Å². The molecule has 94 valence electrons. The second-order valence-corrected chi connectivity index (χ2v) is 5.55. The van der Waals surface area contributed by atoms with Gasteiger partial charge in [0.15, 0.2) is 0 Å². The number of nitrogen functional groups attached to an aromatic ring is 1. The number of nitrogens with one attached hydrogen (secondary N) is 1. The van der Waals surface area contributed by atoms with Crippen LogP contribution < -0.4 is 11.1 Å². The molecule has 0 atom stereocenters. The molecule has 0 aromatic carbocycles. The molecule has 5 heteroatoms. The molecule has 1 aromatic heterocycles. The molecule has 0 aliphatic heterocycles. The molecule has 0 spiro atoms. The lowest BCUT2D eigenvalue weighted by molar-refractivity contribution is 0.175. The summed E-state index contributed by atoms with van der Waals surface area (Å²) >= 11 is 3.46. The smallest absolute Gasteiger partial charge is 0.140 e. The van der Waals surface area contributed by atoms with Crippen molar-refractivity contribution in [2.45, 2.75) is 19.3 Å². The molecule has 0 bridgehead atoms. The Labute approximate surface area is 110 Å². The standard InChI is InChI=1S/C12H18BrN3O/c1-17-5-4-12(2-3-12)8-16-11-10(13)6-9(14)7-15-11/h6-7H,2-5,8,14H2,1H3,(H,15,16). The number of rotatable bonds is 6. The summed E-state index contributed by atoms with van der Waals surface area (Å²) in [7, 11) is 1.75. The second kappa shape index (κ2) is 5.23. The van der Waals surface area contributed by atoms with Gasteiger partial charge in [0.2, 0.25) is 0 Å². The number of nitrogens with zero attached hydrogens (tertiary/aromatic N) is 1. The quantitative estimate of drug-likeness (QED) is 0.848. The first kappa shape index (κ1) is 12.6. The largest absolute Gasteiger partial charge is 0.397 e. The fraction of sp³-hybridized carbons (Fsp3) is 0.583. The number of aromatic nitrogens is 1. The van der Waals surface area contributed by atoms with Gasteiger partial charge >= 0.3 is 0 Å². The summed E-state index contributed by atoms with van der Waals surface area (Å²) in [5.41, 5.74) is 6.74. The van der Waals surface area contributed by atoms with Gasteiger partial charge in [-0.05, 0) is 46.7 Å². The van der Waals surface area contributed by atoms with Crippen molar-refractivity contribution in [2.75, 3.05) is 31.3 Å². The summed E-state index contributed by atoms with van der Waals surface area (Å²) in [5.74, 6) is 0.864. The Bertz CT molecular complexity index is 393. The highest BCUT2D eigenvalue weighted by molar-refractivity contribution is 9.10. The van der Waals surface area contributed by atoms with Crippen molar-refractivity contribution in [3.05, 3.63) is 16.7 Å². The Kier molecular flexibility index (Phi) is 3.89. The predicted octanol–water partition coefficient (Wildman–Crippen LogP) is 2.65. The van der Waals surface area contributed by atoms with E-state index in [1.165, 1.54) is 12.8 Å². The van der Waals surface area contributed by atoms with E-state index in [9.17, 15) is 0 Å². The van der Waals surface area contributed by atoms with Crippen LogP contribution >= 0.6 is 15.9 Å². The van der Waals surface area contributed by atoms with Crippen LogP contribution in [0.25, 0.3) is 0 Å². The van der Waals surface area contributed by atoms with Crippen LogP contribution in [0.3, 0.4) is 0 Å². The molecule has 0 radical (unpaired) electrons. The number of pyridine rings is 1. The van der Waals surface area contributed by atoms with Gasteiger partial charge in [0, 0.05) is 20.3 Å². The SMILES string of the molecule is COCCC1(CNc2ncc(N)cc2Br)CC1. The van der Waals surface area contributed by atoms with Crippen molar-refractivity contribution >= 4 is 27.4 Å². The molecule has 1 aromatic rings. The lowest BCUT2D eigenvalue weighted by atomic mass is 10.0. The minimum absolute atomic E-state index is 0.415. The van der Waals surface area contributed by atoms with Crippen molar-refractivity contribution < 1.29 is 4.74 Å². The Balaban J connectivity index is 1.89. The fourth-order valence-corrected chi connectivity index (χ4v) is 2.37. The van der Waals surface area contributed by atoms with Crippen molar-refractivity contribution in [3.8, 4) is 0 Å². The normalized spacial score (nSPS) is 16.8. The molecule has 4 nitrogen and oxygen atoms in total. The summed E-state index contributed by atoms with van der Waals surface area (Å²) in [6.45, 7) is 1.78. The lowest BCUT2D eigenvalue weighted by Gasteiger charge is -2.16. The van der Waals surface area contributed by atoms with E-state index in [4.69, 9.17) is 10.5 Å².